The van der Waals surface area contributed by atoms with Crippen LogP contribution in [0.3, 0.4) is 0 Å². The topological polar surface area (TPSA) is 43.8 Å². The molecule has 2 rings (SSSR count). The molecule has 0 bridgehead atoms. The lowest BCUT2D eigenvalue weighted by atomic mass is 10.0. The third-order valence-electron chi connectivity index (χ3n) is 3.38. The van der Waals surface area contributed by atoms with Crippen LogP contribution in [0.5, 0.6) is 0 Å². The van der Waals surface area contributed by atoms with Crippen LogP contribution in [-0.4, -0.2) is 9.78 Å². The molecule has 0 fully saturated rings. The fraction of sp³-hybridized carbons (Fsp3) is 0.400. The van der Waals surface area contributed by atoms with E-state index < -0.39 is 5.82 Å². The van der Waals surface area contributed by atoms with Crippen molar-refractivity contribution in [2.45, 2.75) is 39.3 Å². The molecule has 3 nitrogen and oxygen atoms in total. The van der Waals surface area contributed by atoms with Gasteiger partial charge in [-0.2, -0.15) is 5.10 Å². The van der Waals surface area contributed by atoms with E-state index in [4.69, 9.17) is 17.3 Å². The number of halogens is 2. The number of hydrogen-bond donors (Lipinski definition) is 1. The van der Waals surface area contributed by atoms with E-state index in [1.54, 1.807) is 12.1 Å². The summed E-state index contributed by atoms with van der Waals surface area (Å²) in [4.78, 5) is 0. The summed E-state index contributed by atoms with van der Waals surface area (Å²) >= 11 is 5.80. The Kier molecular flexibility index (Phi) is 4.78. The summed E-state index contributed by atoms with van der Waals surface area (Å²) in [5.41, 5.74) is 9.19. The van der Waals surface area contributed by atoms with Gasteiger partial charge in [0.1, 0.15) is 5.82 Å². The maximum Gasteiger partial charge on any atom is 0.141 e. The second-order valence-electron chi connectivity index (χ2n) is 4.78. The normalized spacial score (nSPS) is 12.7. The molecule has 1 aromatic heterocycles. The molecular weight excluding hydrogens is 277 g/mol. The maximum atomic E-state index is 13.2. The molecule has 2 N–H and O–H groups in total. The molecule has 0 radical (unpaired) electrons. The Morgan fingerprint density at radius 2 is 2.10 bits per heavy atom. The zero-order valence-corrected chi connectivity index (χ0v) is 12.5. The second kappa shape index (κ2) is 6.37. The quantitative estimate of drug-likeness (QED) is 0.917. The predicted molar refractivity (Wildman–Crippen MR) is 79.3 cm³/mol. The Hall–Kier alpha value is -1.39. The molecule has 0 aliphatic heterocycles. The molecule has 0 saturated carbocycles. The van der Waals surface area contributed by atoms with Gasteiger partial charge in [-0.25, -0.2) is 4.39 Å². The zero-order chi connectivity index (χ0) is 14.7. The van der Waals surface area contributed by atoms with Crippen LogP contribution in [0.1, 0.15) is 36.8 Å². The molecule has 0 aliphatic rings. The summed E-state index contributed by atoms with van der Waals surface area (Å²) < 4.78 is 15.1. The molecule has 2 aromatic rings. The lowest BCUT2D eigenvalue weighted by Crippen LogP contribution is -2.16. The smallest absolute Gasteiger partial charge is 0.141 e. The monoisotopic (exact) mass is 295 g/mol. The highest BCUT2D eigenvalue weighted by Crippen LogP contribution is 2.22. The molecule has 20 heavy (non-hydrogen) atoms. The third kappa shape index (κ3) is 3.19. The van der Waals surface area contributed by atoms with Gasteiger partial charge >= 0.3 is 0 Å². The van der Waals surface area contributed by atoms with E-state index >= 15 is 0 Å². The van der Waals surface area contributed by atoms with Gasteiger partial charge in [0.15, 0.2) is 0 Å². The average molecular weight is 296 g/mol. The van der Waals surface area contributed by atoms with Gasteiger partial charge in [0, 0.05) is 24.7 Å². The van der Waals surface area contributed by atoms with Crippen LogP contribution < -0.4 is 5.73 Å². The molecule has 108 valence electrons. The first-order valence-electron chi connectivity index (χ1n) is 6.81. The Bertz CT molecular complexity index is 595. The summed E-state index contributed by atoms with van der Waals surface area (Å²) in [6, 6.07) is 6.48. The fourth-order valence-electron chi connectivity index (χ4n) is 2.21. The number of rotatable bonds is 5. The average Bonchev–Trinajstić information content (AvgIpc) is 2.84. The zero-order valence-electron chi connectivity index (χ0n) is 11.7. The number of hydrogen-bond acceptors (Lipinski definition) is 2. The van der Waals surface area contributed by atoms with Crippen LogP contribution >= 0.6 is 11.6 Å². The Morgan fingerprint density at radius 3 is 2.70 bits per heavy atom. The van der Waals surface area contributed by atoms with Gasteiger partial charge in [0.25, 0.3) is 0 Å². The van der Waals surface area contributed by atoms with Gasteiger partial charge in [-0.15, -0.1) is 0 Å². The minimum absolute atomic E-state index is 0.108. The summed E-state index contributed by atoms with van der Waals surface area (Å²) in [5, 5.41) is 4.61. The van der Waals surface area contributed by atoms with E-state index in [1.807, 2.05) is 4.68 Å². The molecule has 1 unspecified atom stereocenters. The van der Waals surface area contributed by atoms with E-state index in [9.17, 15) is 4.39 Å². The van der Waals surface area contributed by atoms with Crippen LogP contribution in [0.15, 0.2) is 24.3 Å². The molecule has 0 amide bonds. The van der Waals surface area contributed by atoms with Gasteiger partial charge in [-0.3, -0.25) is 4.68 Å². The van der Waals surface area contributed by atoms with Gasteiger partial charge in [-0.05, 0) is 37.1 Å². The van der Waals surface area contributed by atoms with Crippen molar-refractivity contribution in [1.29, 1.82) is 0 Å². The molecular formula is C15H19ClFN3. The summed E-state index contributed by atoms with van der Waals surface area (Å²) in [5.74, 6) is -0.422. The lowest BCUT2D eigenvalue weighted by Gasteiger charge is -2.13. The maximum absolute atomic E-state index is 13.2. The van der Waals surface area contributed by atoms with Crippen LogP contribution in [0, 0.1) is 5.82 Å². The molecule has 1 atom stereocenters. The van der Waals surface area contributed by atoms with Crippen molar-refractivity contribution in [2.24, 2.45) is 5.73 Å². The van der Waals surface area contributed by atoms with Crippen LogP contribution in [-0.2, 0) is 19.4 Å². The molecule has 0 saturated heterocycles. The number of benzene rings is 1. The van der Waals surface area contributed by atoms with E-state index in [1.165, 1.54) is 6.07 Å². The van der Waals surface area contributed by atoms with Crippen LogP contribution in [0.2, 0.25) is 5.02 Å². The number of aromatic nitrogens is 2. The highest BCUT2D eigenvalue weighted by Gasteiger charge is 2.13. The van der Waals surface area contributed by atoms with E-state index in [0.717, 1.165) is 29.9 Å². The van der Waals surface area contributed by atoms with Gasteiger partial charge in [0.05, 0.1) is 10.7 Å². The predicted octanol–water partition coefficient (Wildman–Crippen LogP) is 3.50. The third-order valence-corrected chi connectivity index (χ3v) is 3.67. The standard InChI is InChI=1S/C15H19ClFN3/c1-3-11-8-12(20(4-2)19-11)9-15(18)10-5-6-14(17)13(16)7-10/h5-8,15H,3-4,9,18H2,1-2H3. The summed E-state index contributed by atoms with van der Waals surface area (Å²) in [7, 11) is 0. The Labute approximate surface area is 123 Å². The van der Waals surface area contributed by atoms with Crippen molar-refractivity contribution in [3.63, 3.8) is 0 Å². The molecule has 5 heteroatoms. The fourth-order valence-corrected chi connectivity index (χ4v) is 2.40. The van der Waals surface area contributed by atoms with Crippen LogP contribution in [0.25, 0.3) is 0 Å². The molecule has 1 heterocycles. The molecule has 0 aliphatic carbocycles. The largest absolute Gasteiger partial charge is 0.324 e. The first kappa shape index (κ1) is 15.0. The lowest BCUT2D eigenvalue weighted by molar-refractivity contribution is 0.584. The van der Waals surface area contributed by atoms with Crippen molar-refractivity contribution in [1.82, 2.24) is 9.78 Å². The van der Waals surface area contributed by atoms with Gasteiger partial charge < -0.3 is 5.73 Å². The highest BCUT2D eigenvalue weighted by molar-refractivity contribution is 6.30. The van der Waals surface area contributed by atoms with E-state index in [-0.39, 0.29) is 11.1 Å². The number of nitrogens with two attached hydrogens (primary N) is 1. The Morgan fingerprint density at radius 1 is 1.35 bits per heavy atom. The van der Waals surface area contributed by atoms with E-state index in [0.29, 0.717) is 6.42 Å². The SMILES string of the molecule is CCc1cc(CC(N)c2ccc(F)c(Cl)c2)n(CC)n1. The van der Waals surface area contributed by atoms with Gasteiger partial charge in [0.2, 0.25) is 0 Å². The van der Waals surface area contributed by atoms with E-state index in [2.05, 4.69) is 25.0 Å². The second-order valence-corrected chi connectivity index (χ2v) is 5.19. The van der Waals surface area contributed by atoms with Crippen molar-refractivity contribution in [3.8, 4) is 0 Å². The minimum Gasteiger partial charge on any atom is -0.324 e. The van der Waals surface area contributed by atoms with Crippen molar-refractivity contribution >= 4 is 11.6 Å². The first-order valence-corrected chi connectivity index (χ1v) is 7.19. The number of aryl methyl sites for hydroxylation is 2. The first-order chi connectivity index (χ1) is 9.55. The Balaban J connectivity index is 2.20. The minimum atomic E-state index is -0.422. The summed E-state index contributed by atoms with van der Waals surface area (Å²) in [6.07, 6.45) is 1.56. The molecule has 0 spiro atoms. The number of nitrogens with zero attached hydrogens (tertiary/aromatic N) is 2. The molecule has 1 aromatic carbocycles. The van der Waals surface area contributed by atoms with Crippen molar-refractivity contribution in [2.75, 3.05) is 0 Å². The summed E-state index contributed by atoms with van der Waals surface area (Å²) in [6.45, 7) is 4.94. The highest BCUT2D eigenvalue weighted by atomic mass is 35.5. The van der Waals surface area contributed by atoms with Crippen molar-refractivity contribution < 1.29 is 4.39 Å². The van der Waals surface area contributed by atoms with Crippen molar-refractivity contribution in [3.05, 3.63) is 52.1 Å². The van der Waals surface area contributed by atoms with Gasteiger partial charge in [-0.1, -0.05) is 24.6 Å². The van der Waals surface area contributed by atoms with Crippen LogP contribution in [0.4, 0.5) is 4.39 Å².